The van der Waals surface area contributed by atoms with Crippen molar-refractivity contribution < 1.29 is 4.74 Å². The molecule has 0 amide bonds. The van der Waals surface area contributed by atoms with Gasteiger partial charge in [0.15, 0.2) is 0 Å². The molecule has 108 valence electrons. The van der Waals surface area contributed by atoms with Gasteiger partial charge in [-0.2, -0.15) is 5.10 Å². The minimum Gasteiger partial charge on any atom is -0.377 e. The highest BCUT2D eigenvalue weighted by molar-refractivity contribution is 5.05. The standard InChI is InChI=1S/C14H26N4O/c1-18-11-12(10-16-18)6-7-13(17-15)14(19-2)8-4-3-5-9-14/h10-11,13,17H,3-9,15H2,1-2H3. The molecule has 5 heteroatoms. The van der Waals surface area contributed by atoms with Gasteiger partial charge in [0.25, 0.3) is 0 Å². The lowest BCUT2D eigenvalue weighted by atomic mass is 9.77. The fraction of sp³-hybridized carbons (Fsp3) is 0.786. The van der Waals surface area contributed by atoms with Gasteiger partial charge >= 0.3 is 0 Å². The van der Waals surface area contributed by atoms with Gasteiger partial charge in [0, 0.05) is 20.4 Å². The Morgan fingerprint density at radius 2 is 2.21 bits per heavy atom. The summed E-state index contributed by atoms with van der Waals surface area (Å²) in [6, 6.07) is 0.206. The first kappa shape index (κ1) is 14.5. The van der Waals surface area contributed by atoms with E-state index in [1.54, 1.807) is 0 Å². The number of ether oxygens (including phenoxy) is 1. The lowest BCUT2D eigenvalue weighted by Crippen LogP contribution is -2.55. The number of methoxy groups -OCH3 is 1. The lowest BCUT2D eigenvalue weighted by molar-refractivity contribution is -0.0692. The summed E-state index contributed by atoms with van der Waals surface area (Å²) in [5.41, 5.74) is 4.15. The maximum atomic E-state index is 5.86. The summed E-state index contributed by atoms with van der Waals surface area (Å²) in [5.74, 6) is 5.78. The maximum Gasteiger partial charge on any atom is 0.0844 e. The van der Waals surface area contributed by atoms with Crippen LogP contribution in [-0.4, -0.2) is 28.5 Å². The number of aryl methyl sites for hydroxylation is 2. The van der Waals surface area contributed by atoms with Crippen molar-refractivity contribution >= 4 is 0 Å². The van der Waals surface area contributed by atoms with Crippen molar-refractivity contribution in [3.8, 4) is 0 Å². The number of rotatable bonds is 6. The molecule has 1 aromatic heterocycles. The molecule has 0 radical (unpaired) electrons. The van der Waals surface area contributed by atoms with Crippen LogP contribution in [-0.2, 0) is 18.2 Å². The van der Waals surface area contributed by atoms with Gasteiger partial charge in [-0.25, -0.2) is 0 Å². The van der Waals surface area contributed by atoms with Crippen LogP contribution in [0.4, 0.5) is 0 Å². The topological polar surface area (TPSA) is 65.1 Å². The van der Waals surface area contributed by atoms with Gasteiger partial charge < -0.3 is 4.74 Å². The van der Waals surface area contributed by atoms with Crippen LogP contribution in [0, 0.1) is 0 Å². The molecule has 0 spiro atoms. The number of hydrogen-bond donors (Lipinski definition) is 2. The molecule has 0 aromatic carbocycles. The lowest BCUT2D eigenvalue weighted by Gasteiger charge is -2.42. The number of nitrogens with one attached hydrogen (secondary N) is 1. The Kier molecular flexibility index (Phi) is 4.96. The molecule has 1 saturated carbocycles. The third-order valence-electron chi connectivity index (χ3n) is 4.42. The minimum absolute atomic E-state index is 0.0881. The first-order valence-electron chi connectivity index (χ1n) is 7.19. The van der Waals surface area contributed by atoms with Gasteiger partial charge in [0.2, 0.25) is 0 Å². The van der Waals surface area contributed by atoms with Crippen molar-refractivity contribution in [1.29, 1.82) is 0 Å². The first-order valence-corrected chi connectivity index (χ1v) is 7.19. The zero-order chi connectivity index (χ0) is 13.7. The van der Waals surface area contributed by atoms with Crippen molar-refractivity contribution in [2.75, 3.05) is 7.11 Å². The van der Waals surface area contributed by atoms with E-state index < -0.39 is 0 Å². The summed E-state index contributed by atoms with van der Waals surface area (Å²) >= 11 is 0. The Hall–Kier alpha value is -0.910. The summed E-state index contributed by atoms with van der Waals surface area (Å²) in [6.07, 6.45) is 11.9. The van der Waals surface area contributed by atoms with E-state index in [0.717, 1.165) is 25.7 Å². The third kappa shape index (κ3) is 3.35. The predicted molar refractivity (Wildman–Crippen MR) is 75.5 cm³/mol. The molecule has 0 saturated heterocycles. The fourth-order valence-corrected chi connectivity index (χ4v) is 3.26. The molecule has 3 N–H and O–H groups in total. The molecule has 1 atom stereocenters. The monoisotopic (exact) mass is 266 g/mol. The van der Waals surface area contributed by atoms with Crippen LogP contribution in [0.2, 0.25) is 0 Å². The highest BCUT2D eigenvalue weighted by Gasteiger charge is 2.39. The summed E-state index contributed by atoms with van der Waals surface area (Å²) < 4.78 is 7.70. The van der Waals surface area contributed by atoms with Crippen LogP contribution in [0.25, 0.3) is 0 Å². The highest BCUT2D eigenvalue weighted by atomic mass is 16.5. The van der Waals surface area contributed by atoms with Crippen LogP contribution in [0.1, 0.15) is 44.1 Å². The fourth-order valence-electron chi connectivity index (χ4n) is 3.26. The number of nitrogens with two attached hydrogens (primary N) is 1. The van der Waals surface area contributed by atoms with E-state index >= 15 is 0 Å². The molecule has 1 fully saturated rings. The van der Waals surface area contributed by atoms with Gasteiger partial charge in [0.05, 0.1) is 17.8 Å². The normalized spacial score (nSPS) is 20.4. The molecule has 19 heavy (non-hydrogen) atoms. The summed E-state index contributed by atoms with van der Waals surface area (Å²) in [6.45, 7) is 0. The molecular weight excluding hydrogens is 240 g/mol. The van der Waals surface area contributed by atoms with Crippen molar-refractivity contribution in [3.05, 3.63) is 18.0 Å². The quantitative estimate of drug-likeness (QED) is 0.605. The number of aromatic nitrogens is 2. The van der Waals surface area contributed by atoms with Gasteiger partial charge in [-0.3, -0.25) is 16.0 Å². The predicted octanol–water partition coefficient (Wildman–Crippen LogP) is 1.53. The molecule has 1 aliphatic rings. The zero-order valence-corrected chi connectivity index (χ0v) is 12.1. The number of nitrogens with zero attached hydrogens (tertiary/aromatic N) is 2. The molecular formula is C14H26N4O. The molecule has 5 nitrogen and oxygen atoms in total. The van der Waals surface area contributed by atoms with Crippen LogP contribution >= 0.6 is 0 Å². The van der Waals surface area contributed by atoms with E-state index in [1.165, 1.54) is 24.8 Å². The van der Waals surface area contributed by atoms with Crippen LogP contribution in [0.15, 0.2) is 12.4 Å². The van der Waals surface area contributed by atoms with Crippen LogP contribution in [0.3, 0.4) is 0 Å². The average molecular weight is 266 g/mol. The summed E-state index contributed by atoms with van der Waals surface area (Å²) in [4.78, 5) is 0. The van der Waals surface area contributed by atoms with Gasteiger partial charge in [-0.1, -0.05) is 19.3 Å². The Labute approximate surface area is 115 Å². The Balaban J connectivity index is 1.97. The molecule has 1 aliphatic carbocycles. The van der Waals surface area contributed by atoms with E-state index in [4.69, 9.17) is 10.6 Å². The molecule has 1 aromatic rings. The SMILES string of the molecule is COC1(C(CCc2cnn(C)c2)NN)CCCCC1. The smallest absolute Gasteiger partial charge is 0.0844 e. The van der Waals surface area contributed by atoms with E-state index in [9.17, 15) is 0 Å². The largest absolute Gasteiger partial charge is 0.377 e. The summed E-state index contributed by atoms with van der Waals surface area (Å²) in [7, 11) is 3.76. The van der Waals surface area contributed by atoms with Crippen molar-refractivity contribution in [2.45, 2.75) is 56.6 Å². The van der Waals surface area contributed by atoms with Crippen LogP contribution in [0.5, 0.6) is 0 Å². The Morgan fingerprint density at radius 1 is 1.47 bits per heavy atom. The maximum absolute atomic E-state index is 5.86. The van der Waals surface area contributed by atoms with Crippen molar-refractivity contribution in [1.82, 2.24) is 15.2 Å². The van der Waals surface area contributed by atoms with E-state index in [2.05, 4.69) is 16.7 Å². The van der Waals surface area contributed by atoms with Crippen LogP contribution < -0.4 is 11.3 Å². The van der Waals surface area contributed by atoms with E-state index in [0.29, 0.717) is 0 Å². The zero-order valence-electron chi connectivity index (χ0n) is 12.1. The Bertz CT molecular complexity index is 385. The molecule has 2 rings (SSSR count). The molecule has 0 bridgehead atoms. The second-order valence-corrected chi connectivity index (χ2v) is 5.61. The second kappa shape index (κ2) is 6.50. The Morgan fingerprint density at radius 3 is 2.74 bits per heavy atom. The van der Waals surface area contributed by atoms with Crippen molar-refractivity contribution in [3.63, 3.8) is 0 Å². The van der Waals surface area contributed by atoms with Gasteiger partial charge in [-0.05, 0) is 31.2 Å². The molecule has 0 aliphatic heterocycles. The third-order valence-corrected chi connectivity index (χ3v) is 4.42. The molecule has 1 heterocycles. The van der Waals surface area contributed by atoms with Gasteiger partial charge in [0.1, 0.15) is 0 Å². The second-order valence-electron chi connectivity index (χ2n) is 5.61. The van der Waals surface area contributed by atoms with E-state index in [-0.39, 0.29) is 11.6 Å². The highest BCUT2D eigenvalue weighted by Crippen LogP contribution is 2.35. The number of hydrogen-bond acceptors (Lipinski definition) is 4. The van der Waals surface area contributed by atoms with Crippen molar-refractivity contribution in [2.24, 2.45) is 12.9 Å². The minimum atomic E-state index is -0.0881. The molecule has 1 unspecified atom stereocenters. The number of hydrazine groups is 1. The van der Waals surface area contributed by atoms with E-state index in [1.807, 2.05) is 25.0 Å². The average Bonchev–Trinajstić information content (AvgIpc) is 2.86. The summed E-state index contributed by atoms with van der Waals surface area (Å²) in [5, 5.41) is 4.20. The van der Waals surface area contributed by atoms with Gasteiger partial charge in [-0.15, -0.1) is 0 Å². The first-order chi connectivity index (χ1) is 9.20.